The van der Waals surface area contributed by atoms with Crippen LogP contribution in [0.1, 0.15) is 17.0 Å². The Morgan fingerprint density at radius 3 is 2.71 bits per heavy atom. The number of methoxy groups -OCH3 is 1. The molecule has 2 aromatic carbocycles. The quantitative estimate of drug-likeness (QED) is 0.367. The second-order valence-corrected chi connectivity index (χ2v) is 7.42. The van der Waals surface area contributed by atoms with Gasteiger partial charge in [0.25, 0.3) is 0 Å². The molecule has 1 aromatic heterocycles. The monoisotopic (exact) mass is 397 g/mol. The van der Waals surface area contributed by atoms with Gasteiger partial charge in [-0.05, 0) is 29.8 Å². The molecule has 1 aliphatic rings. The first-order chi connectivity index (χ1) is 13.5. The van der Waals surface area contributed by atoms with Crippen molar-refractivity contribution in [3.05, 3.63) is 81.0 Å². The number of fused-ring (bicyclic) bond motifs is 1. The van der Waals surface area contributed by atoms with Gasteiger partial charge in [0, 0.05) is 29.0 Å². The Hall–Kier alpha value is -2.70. The van der Waals surface area contributed by atoms with Crippen LogP contribution in [0.5, 0.6) is 5.75 Å². The first kappa shape index (κ1) is 18.7. The van der Waals surface area contributed by atoms with Crippen LogP contribution in [0.3, 0.4) is 0 Å². The van der Waals surface area contributed by atoms with E-state index < -0.39 is 6.04 Å². The molecule has 0 unspecified atom stereocenters. The molecule has 144 valence electrons. The number of hydrogen-bond donors (Lipinski definition) is 0. The third kappa shape index (κ3) is 3.66. The van der Waals surface area contributed by atoms with Gasteiger partial charge in [-0.25, -0.2) is 4.98 Å². The molecule has 1 saturated heterocycles. The number of aromatic nitrogens is 1. The minimum atomic E-state index is -0.717. The SMILES string of the molecule is COc1ccc2nc(Cl)c([C@H]3CN(Cc4ccccc4)C[C@@H]3[N+](=O)[O-])cc2c1. The Kier molecular flexibility index (Phi) is 5.15. The largest absolute Gasteiger partial charge is 0.497 e. The molecule has 1 aliphatic heterocycles. The Morgan fingerprint density at radius 1 is 1.21 bits per heavy atom. The van der Waals surface area contributed by atoms with E-state index in [1.807, 2.05) is 54.6 Å². The predicted molar refractivity (Wildman–Crippen MR) is 109 cm³/mol. The highest BCUT2D eigenvalue weighted by Gasteiger charge is 2.43. The van der Waals surface area contributed by atoms with E-state index in [1.165, 1.54) is 0 Å². The van der Waals surface area contributed by atoms with E-state index in [0.29, 0.717) is 30.5 Å². The average molecular weight is 398 g/mol. The van der Waals surface area contributed by atoms with Gasteiger partial charge in [-0.3, -0.25) is 15.0 Å². The fraction of sp³-hybridized carbons (Fsp3) is 0.286. The van der Waals surface area contributed by atoms with Crippen molar-refractivity contribution >= 4 is 22.5 Å². The summed E-state index contributed by atoms with van der Waals surface area (Å²) in [6, 6.07) is 16.7. The molecule has 0 spiro atoms. The first-order valence-electron chi connectivity index (χ1n) is 9.09. The van der Waals surface area contributed by atoms with Crippen molar-refractivity contribution in [2.75, 3.05) is 20.2 Å². The summed E-state index contributed by atoms with van der Waals surface area (Å²) in [6.45, 7) is 1.63. The zero-order chi connectivity index (χ0) is 19.7. The summed E-state index contributed by atoms with van der Waals surface area (Å²) in [5.41, 5.74) is 2.60. The third-order valence-corrected chi connectivity index (χ3v) is 5.59. The van der Waals surface area contributed by atoms with Gasteiger partial charge in [-0.15, -0.1) is 0 Å². The van der Waals surface area contributed by atoms with Gasteiger partial charge >= 0.3 is 0 Å². The summed E-state index contributed by atoms with van der Waals surface area (Å²) in [5, 5.41) is 12.9. The fourth-order valence-electron chi connectivity index (χ4n) is 3.89. The van der Waals surface area contributed by atoms with Crippen molar-refractivity contribution in [1.82, 2.24) is 9.88 Å². The van der Waals surface area contributed by atoms with Crippen LogP contribution < -0.4 is 4.74 Å². The van der Waals surface area contributed by atoms with Crippen molar-refractivity contribution in [3.8, 4) is 5.75 Å². The van der Waals surface area contributed by atoms with Gasteiger partial charge in [-0.1, -0.05) is 41.9 Å². The lowest BCUT2D eigenvalue weighted by atomic mass is 9.95. The van der Waals surface area contributed by atoms with E-state index in [1.54, 1.807) is 7.11 Å². The molecule has 0 aliphatic carbocycles. The molecule has 6 nitrogen and oxygen atoms in total. The van der Waals surface area contributed by atoms with Crippen molar-refractivity contribution < 1.29 is 9.66 Å². The summed E-state index contributed by atoms with van der Waals surface area (Å²) >= 11 is 6.45. The highest BCUT2D eigenvalue weighted by atomic mass is 35.5. The zero-order valence-electron chi connectivity index (χ0n) is 15.4. The predicted octanol–water partition coefficient (Wildman–Crippen LogP) is 4.14. The van der Waals surface area contributed by atoms with Crippen LogP contribution in [0.25, 0.3) is 10.9 Å². The number of halogens is 1. The van der Waals surface area contributed by atoms with Crippen LogP contribution in [0.4, 0.5) is 0 Å². The third-order valence-electron chi connectivity index (χ3n) is 5.29. The molecule has 28 heavy (non-hydrogen) atoms. The van der Waals surface area contributed by atoms with Crippen molar-refractivity contribution in [2.45, 2.75) is 18.5 Å². The minimum absolute atomic E-state index is 0.193. The lowest BCUT2D eigenvalue weighted by molar-refractivity contribution is -0.521. The van der Waals surface area contributed by atoms with Crippen molar-refractivity contribution in [3.63, 3.8) is 0 Å². The second kappa shape index (κ2) is 7.73. The molecule has 0 bridgehead atoms. The molecule has 2 atom stereocenters. The van der Waals surface area contributed by atoms with Crippen LogP contribution in [0, 0.1) is 10.1 Å². The standard InChI is InChI=1S/C21H20ClN3O3/c1-28-16-7-8-19-15(9-16)10-17(21(22)23-19)18-12-24(13-20(18)25(26)27)11-14-5-3-2-4-6-14/h2-10,18,20H,11-13H2,1H3/t18-,20+/m1/s1. The van der Waals surface area contributed by atoms with E-state index >= 15 is 0 Å². The highest BCUT2D eigenvalue weighted by Crippen LogP contribution is 2.36. The Morgan fingerprint density at radius 2 is 2.00 bits per heavy atom. The molecule has 7 heteroatoms. The smallest absolute Gasteiger partial charge is 0.233 e. The second-order valence-electron chi connectivity index (χ2n) is 7.07. The van der Waals surface area contributed by atoms with Gasteiger partial charge in [-0.2, -0.15) is 0 Å². The van der Waals surface area contributed by atoms with Crippen LogP contribution in [0.15, 0.2) is 54.6 Å². The minimum Gasteiger partial charge on any atom is -0.497 e. The van der Waals surface area contributed by atoms with Crippen LogP contribution >= 0.6 is 11.6 Å². The zero-order valence-corrected chi connectivity index (χ0v) is 16.2. The maximum atomic E-state index is 11.8. The van der Waals surface area contributed by atoms with E-state index in [-0.39, 0.29) is 10.8 Å². The number of ether oxygens (including phenoxy) is 1. The lowest BCUT2D eigenvalue weighted by Crippen LogP contribution is -2.28. The maximum Gasteiger partial charge on any atom is 0.233 e. The molecule has 0 amide bonds. The van der Waals surface area contributed by atoms with Crippen LogP contribution in [-0.2, 0) is 6.54 Å². The number of pyridine rings is 1. The first-order valence-corrected chi connectivity index (χ1v) is 9.47. The number of likely N-dealkylation sites (tertiary alicyclic amines) is 1. The van der Waals surface area contributed by atoms with Gasteiger partial charge in [0.1, 0.15) is 10.9 Å². The van der Waals surface area contributed by atoms with Gasteiger partial charge in [0.05, 0.1) is 25.1 Å². The molecular formula is C21H20ClN3O3. The normalized spacial score (nSPS) is 19.8. The average Bonchev–Trinajstić information content (AvgIpc) is 3.11. The van der Waals surface area contributed by atoms with Crippen molar-refractivity contribution in [1.29, 1.82) is 0 Å². The molecule has 2 heterocycles. The number of rotatable bonds is 5. The Labute approximate surface area is 167 Å². The number of nitrogens with zero attached hydrogens (tertiary/aromatic N) is 3. The lowest BCUT2D eigenvalue weighted by Gasteiger charge is -2.16. The Bertz CT molecular complexity index is 1010. The molecule has 0 N–H and O–H groups in total. The van der Waals surface area contributed by atoms with Crippen LogP contribution in [0.2, 0.25) is 5.15 Å². The molecule has 0 saturated carbocycles. The van der Waals surface area contributed by atoms with E-state index in [0.717, 1.165) is 22.0 Å². The van der Waals surface area contributed by atoms with Gasteiger partial charge < -0.3 is 4.74 Å². The summed E-state index contributed by atoms with van der Waals surface area (Å²) < 4.78 is 5.28. The van der Waals surface area contributed by atoms with Gasteiger partial charge in [0.15, 0.2) is 0 Å². The van der Waals surface area contributed by atoms with E-state index in [2.05, 4.69) is 9.88 Å². The Balaban J connectivity index is 1.67. The fourth-order valence-corrected chi connectivity index (χ4v) is 4.18. The number of benzene rings is 2. The number of nitro groups is 1. The number of hydrogen-bond acceptors (Lipinski definition) is 5. The topological polar surface area (TPSA) is 68.5 Å². The van der Waals surface area contributed by atoms with E-state index in [4.69, 9.17) is 16.3 Å². The summed E-state index contributed by atoms with van der Waals surface area (Å²) in [7, 11) is 1.60. The molecule has 4 rings (SSSR count). The van der Waals surface area contributed by atoms with E-state index in [9.17, 15) is 10.1 Å². The maximum absolute atomic E-state index is 11.8. The summed E-state index contributed by atoms with van der Waals surface area (Å²) in [5.74, 6) is 0.403. The van der Waals surface area contributed by atoms with Crippen molar-refractivity contribution in [2.24, 2.45) is 0 Å². The van der Waals surface area contributed by atoms with Gasteiger partial charge in [0.2, 0.25) is 6.04 Å². The molecular weight excluding hydrogens is 378 g/mol. The highest BCUT2D eigenvalue weighted by molar-refractivity contribution is 6.30. The summed E-state index contributed by atoms with van der Waals surface area (Å²) in [6.07, 6.45) is 0. The molecule has 3 aromatic rings. The molecule has 1 fully saturated rings. The summed E-state index contributed by atoms with van der Waals surface area (Å²) in [4.78, 5) is 18.1. The van der Waals surface area contributed by atoms with Crippen LogP contribution in [-0.4, -0.2) is 41.0 Å². The molecule has 0 radical (unpaired) electrons.